The van der Waals surface area contributed by atoms with Crippen LogP contribution in [0, 0.1) is 0 Å². The summed E-state index contributed by atoms with van der Waals surface area (Å²) in [6, 6.07) is 11.8. The Morgan fingerprint density at radius 1 is 1.17 bits per heavy atom. The highest BCUT2D eigenvalue weighted by Gasteiger charge is 2.47. The van der Waals surface area contributed by atoms with Crippen molar-refractivity contribution in [2.24, 2.45) is 0 Å². The average Bonchev–Trinajstić information content (AvgIpc) is 2.97. The summed E-state index contributed by atoms with van der Waals surface area (Å²) < 4.78 is 0. The molecule has 0 bridgehead atoms. The normalized spacial score (nSPS) is 18.8. The summed E-state index contributed by atoms with van der Waals surface area (Å²) in [7, 11) is 0. The van der Waals surface area contributed by atoms with Crippen LogP contribution in [0.1, 0.15) is 30.6 Å². The molecule has 8 heteroatoms. The maximum Gasteiger partial charge on any atom is 0.344 e. The molecule has 1 aliphatic heterocycles. The van der Waals surface area contributed by atoms with E-state index in [1.54, 1.807) is 62.6 Å². The second-order valence-electron chi connectivity index (χ2n) is 7.01. The summed E-state index contributed by atoms with van der Waals surface area (Å²) in [5, 5.41) is 3.98. The number of carbonyl (C=O) groups excluding carboxylic acids is 3. The molecule has 1 aliphatic rings. The summed E-state index contributed by atoms with van der Waals surface area (Å²) in [6.45, 7) is 3.42. The van der Waals surface area contributed by atoms with Crippen LogP contribution in [0.5, 0.6) is 0 Å². The van der Waals surface area contributed by atoms with Crippen LogP contribution in [0.2, 0.25) is 0 Å². The van der Waals surface area contributed by atoms with Crippen molar-refractivity contribution in [3.63, 3.8) is 0 Å². The van der Waals surface area contributed by atoms with Gasteiger partial charge in [0.05, 0.1) is 16.8 Å². The minimum Gasteiger partial charge on any atom is -0.322 e. The SMILES string of the molecule is CC[C@@]1(C)NC(=O)N(NC(=O)c2cc(-c3ccncc3)nc3ccccc23)C1=O. The van der Waals surface area contributed by atoms with Crippen molar-refractivity contribution < 1.29 is 14.4 Å². The van der Waals surface area contributed by atoms with Gasteiger partial charge in [-0.3, -0.25) is 20.0 Å². The van der Waals surface area contributed by atoms with E-state index in [4.69, 9.17) is 0 Å². The molecule has 0 radical (unpaired) electrons. The molecule has 2 aromatic heterocycles. The lowest BCUT2D eigenvalue weighted by Crippen LogP contribution is -2.48. The molecule has 1 aromatic carbocycles. The molecule has 8 nitrogen and oxygen atoms in total. The van der Waals surface area contributed by atoms with Crippen LogP contribution in [0.4, 0.5) is 4.79 Å². The number of rotatable bonds is 4. The molecule has 1 saturated heterocycles. The van der Waals surface area contributed by atoms with Crippen molar-refractivity contribution in [1.82, 2.24) is 25.7 Å². The lowest BCUT2D eigenvalue weighted by Gasteiger charge is -2.19. The van der Waals surface area contributed by atoms with E-state index in [0.29, 0.717) is 28.6 Å². The number of nitrogens with zero attached hydrogens (tertiary/aromatic N) is 3. The van der Waals surface area contributed by atoms with Gasteiger partial charge in [-0.25, -0.2) is 9.78 Å². The molecule has 4 rings (SSSR count). The number of para-hydroxylation sites is 1. The third-order valence-electron chi connectivity index (χ3n) is 5.12. The van der Waals surface area contributed by atoms with Crippen LogP contribution in [0.25, 0.3) is 22.2 Å². The van der Waals surface area contributed by atoms with Crippen molar-refractivity contribution in [2.45, 2.75) is 25.8 Å². The van der Waals surface area contributed by atoms with Gasteiger partial charge in [-0.15, -0.1) is 0 Å². The van der Waals surface area contributed by atoms with E-state index >= 15 is 0 Å². The molecule has 29 heavy (non-hydrogen) atoms. The summed E-state index contributed by atoms with van der Waals surface area (Å²) in [4.78, 5) is 46.5. The smallest absolute Gasteiger partial charge is 0.322 e. The number of urea groups is 1. The van der Waals surface area contributed by atoms with Gasteiger partial charge >= 0.3 is 6.03 Å². The molecular formula is C21H19N5O3. The number of nitrogens with one attached hydrogen (secondary N) is 2. The number of hydrogen-bond acceptors (Lipinski definition) is 5. The molecule has 0 aliphatic carbocycles. The fourth-order valence-electron chi connectivity index (χ4n) is 3.22. The van der Waals surface area contributed by atoms with Gasteiger partial charge in [-0.2, -0.15) is 5.01 Å². The number of benzene rings is 1. The maximum atomic E-state index is 13.1. The quantitative estimate of drug-likeness (QED) is 0.668. The lowest BCUT2D eigenvalue weighted by atomic mass is 10.00. The summed E-state index contributed by atoms with van der Waals surface area (Å²) in [5.74, 6) is -1.06. The Kier molecular flexibility index (Phi) is 4.46. The van der Waals surface area contributed by atoms with Crippen LogP contribution in [0.15, 0.2) is 54.9 Å². The summed E-state index contributed by atoms with van der Waals surface area (Å²) >= 11 is 0. The molecule has 4 amide bonds. The molecule has 0 saturated carbocycles. The van der Waals surface area contributed by atoms with E-state index in [2.05, 4.69) is 20.7 Å². The van der Waals surface area contributed by atoms with E-state index in [-0.39, 0.29) is 0 Å². The van der Waals surface area contributed by atoms with Gasteiger partial charge in [0, 0.05) is 23.3 Å². The Morgan fingerprint density at radius 2 is 1.90 bits per heavy atom. The van der Waals surface area contributed by atoms with Gasteiger partial charge in [0.2, 0.25) is 0 Å². The van der Waals surface area contributed by atoms with Gasteiger partial charge in [-0.05, 0) is 37.6 Å². The highest BCUT2D eigenvalue weighted by atomic mass is 16.2. The Morgan fingerprint density at radius 3 is 2.59 bits per heavy atom. The van der Waals surface area contributed by atoms with E-state index in [0.717, 1.165) is 10.6 Å². The zero-order chi connectivity index (χ0) is 20.6. The monoisotopic (exact) mass is 389 g/mol. The third-order valence-corrected chi connectivity index (χ3v) is 5.12. The Hall–Kier alpha value is -3.81. The van der Waals surface area contributed by atoms with Crippen LogP contribution < -0.4 is 10.7 Å². The molecule has 146 valence electrons. The lowest BCUT2D eigenvalue weighted by molar-refractivity contribution is -0.132. The highest BCUT2D eigenvalue weighted by Crippen LogP contribution is 2.25. The first kappa shape index (κ1) is 18.5. The number of fused-ring (bicyclic) bond motifs is 1. The molecular weight excluding hydrogens is 370 g/mol. The van der Waals surface area contributed by atoms with E-state index in [9.17, 15) is 14.4 Å². The number of carbonyl (C=O) groups is 3. The minimum absolute atomic E-state index is 0.313. The first-order chi connectivity index (χ1) is 13.9. The fraction of sp³-hybridized carbons (Fsp3) is 0.190. The van der Waals surface area contributed by atoms with Gasteiger partial charge in [0.15, 0.2) is 0 Å². The van der Waals surface area contributed by atoms with Crippen LogP contribution in [-0.2, 0) is 4.79 Å². The van der Waals surface area contributed by atoms with Crippen LogP contribution in [0.3, 0.4) is 0 Å². The fourth-order valence-corrected chi connectivity index (χ4v) is 3.22. The number of amides is 4. The van der Waals surface area contributed by atoms with Gasteiger partial charge in [0.1, 0.15) is 5.54 Å². The number of pyridine rings is 2. The van der Waals surface area contributed by atoms with Gasteiger partial charge in [0.25, 0.3) is 11.8 Å². The highest BCUT2D eigenvalue weighted by molar-refractivity contribution is 6.12. The van der Waals surface area contributed by atoms with E-state index < -0.39 is 23.4 Å². The van der Waals surface area contributed by atoms with Crippen molar-refractivity contribution in [3.05, 3.63) is 60.4 Å². The second kappa shape index (κ2) is 6.97. The number of imide groups is 1. The zero-order valence-corrected chi connectivity index (χ0v) is 16.0. The second-order valence-corrected chi connectivity index (χ2v) is 7.01. The predicted molar refractivity (Wildman–Crippen MR) is 107 cm³/mol. The van der Waals surface area contributed by atoms with Gasteiger partial charge < -0.3 is 5.32 Å². The van der Waals surface area contributed by atoms with Gasteiger partial charge in [-0.1, -0.05) is 25.1 Å². The van der Waals surface area contributed by atoms with Crippen LogP contribution >= 0.6 is 0 Å². The Balaban J connectivity index is 1.74. The van der Waals surface area contributed by atoms with Crippen molar-refractivity contribution in [2.75, 3.05) is 0 Å². The van der Waals surface area contributed by atoms with E-state index in [1.165, 1.54) is 0 Å². The molecule has 0 unspecified atom stereocenters. The minimum atomic E-state index is -1.03. The Bertz CT molecular complexity index is 1130. The largest absolute Gasteiger partial charge is 0.344 e. The predicted octanol–water partition coefficient (Wildman–Crippen LogP) is 2.66. The van der Waals surface area contributed by atoms with Crippen LogP contribution in [-0.4, -0.2) is 38.4 Å². The maximum absolute atomic E-state index is 13.1. The Labute approximate surface area is 166 Å². The molecule has 3 heterocycles. The van der Waals surface area contributed by atoms with Crippen molar-refractivity contribution in [3.8, 4) is 11.3 Å². The molecule has 2 N–H and O–H groups in total. The van der Waals surface area contributed by atoms with Crippen molar-refractivity contribution in [1.29, 1.82) is 0 Å². The summed E-state index contributed by atoms with van der Waals surface area (Å²) in [5.41, 5.74) is 3.74. The zero-order valence-electron chi connectivity index (χ0n) is 16.0. The average molecular weight is 389 g/mol. The molecule has 1 fully saturated rings. The third kappa shape index (κ3) is 3.18. The standard InChI is InChI=1S/C21H19N5O3/c1-3-21(2)19(28)26(20(29)24-21)25-18(27)15-12-17(13-8-10-22-11-9-13)23-16-7-5-4-6-14(15)16/h4-12H,3H2,1-2H3,(H,24,29)(H,25,27)/t21-/m1/s1. The summed E-state index contributed by atoms with van der Waals surface area (Å²) in [6.07, 6.45) is 3.70. The van der Waals surface area contributed by atoms with Crippen molar-refractivity contribution >= 4 is 28.7 Å². The molecule has 1 atom stereocenters. The molecule has 0 spiro atoms. The number of hydrogen-bond donors (Lipinski definition) is 2. The number of aromatic nitrogens is 2. The molecule has 3 aromatic rings. The first-order valence-corrected chi connectivity index (χ1v) is 9.21. The number of hydrazine groups is 1. The van der Waals surface area contributed by atoms with E-state index in [1.807, 2.05) is 6.07 Å². The topological polar surface area (TPSA) is 104 Å². The first-order valence-electron chi connectivity index (χ1n) is 9.21.